The van der Waals surface area contributed by atoms with E-state index in [9.17, 15) is 9.59 Å². The molecule has 5 rings (SSSR count). The molecule has 0 saturated carbocycles. The number of halogens is 1. The molecule has 0 unspecified atom stereocenters. The number of rotatable bonds is 23. The molecule has 13 nitrogen and oxygen atoms in total. The van der Waals surface area contributed by atoms with Crippen molar-refractivity contribution in [3.8, 4) is 16.9 Å². The van der Waals surface area contributed by atoms with E-state index in [2.05, 4.69) is 10.5 Å². The average Bonchev–Trinajstić information content (AvgIpc) is 3.48. The van der Waals surface area contributed by atoms with Gasteiger partial charge in [0.2, 0.25) is 5.91 Å². The summed E-state index contributed by atoms with van der Waals surface area (Å²) in [7, 11) is 0. The number of aromatic nitrogens is 1. The number of aryl methyl sites for hydroxylation is 1. The van der Waals surface area contributed by atoms with Crippen LogP contribution in [0.25, 0.3) is 11.1 Å². The lowest BCUT2D eigenvalue weighted by Crippen LogP contribution is -2.16. The number of nitrogens with zero attached hydrogens (tertiary/aromatic N) is 2. The molecule has 1 atom stereocenters. The number of carboxylic acids is 1. The molecule has 0 aliphatic carbocycles. The van der Waals surface area contributed by atoms with Gasteiger partial charge >= 0.3 is 5.97 Å². The van der Waals surface area contributed by atoms with Crippen molar-refractivity contribution in [3.63, 3.8) is 0 Å². The molecule has 1 amide bonds. The number of ether oxygens (including phenoxy) is 6. The van der Waals surface area contributed by atoms with Gasteiger partial charge in [0.25, 0.3) is 0 Å². The number of carbonyl (C=O) groups excluding carboxylic acids is 1. The third-order valence-electron chi connectivity index (χ3n) is 8.01. The van der Waals surface area contributed by atoms with Crippen LogP contribution >= 0.6 is 11.6 Å². The molecular weight excluding hydrogens is 706 g/mol. The first kappa shape index (κ1) is 39.6. The fraction of sp³-hybridized carbons (Fsp3) is 0.385. The van der Waals surface area contributed by atoms with Crippen LogP contribution in [0.1, 0.15) is 41.5 Å². The van der Waals surface area contributed by atoms with Gasteiger partial charge in [0.05, 0.1) is 95.9 Å². The smallest absolute Gasteiger partial charge is 0.305 e. The summed E-state index contributed by atoms with van der Waals surface area (Å²) in [6.07, 6.45) is 0.0300. The number of fused-ring (bicyclic) bond motifs is 3. The molecule has 0 bridgehead atoms. The van der Waals surface area contributed by atoms with Crippen molar-refractivity contribution in [2.75, 3.05) is 78.0 Å². The summed E-state index contributed by atoms with van der Waals surface area (Å²) < 4.78 is 38.6. The molecular formula is C39H44ClN3O10. The van der Waals surface area contributed by atoms with Gasteiger partial charge in [-0.2, -0.15) is 0 Å². The van der Waals surface area contributed by atoms with Crippen LogP contribution in [-0.2, 0) is 33.3 Å². The lowest BCUT2D eigenvalue weighted by Gasteiger charge is -2.13. The van der Waals surface area contributed by atoms with Gasteiger partial charge in [0.15, 0.2) is 5.76 Å². The summed E-state index contributed by atoms with van der Waals surface area (Å²) >= 11 is 6.18. The van der Waals surface area contributed by atoms with Crippen LogP contribution in [0.5, 0.6) is 5.75 Å². The van der Waals surface area contributed by atoms with Crippen LogP contribution < -0.4 is 10.1 Å². The van der Waals surface area contributed by atoms with E-state index in [0.717, 1.165) is 33.7 Å². The van der Waals surface area contributed by atoms with E-state index in [1.165, 1.54) is 0 Å². The molecule has 0 radical (unpaired) electrons. The van der Waals surface area contributed by atoms with Crippen LogP contribution in [-0.4, -0.2) is 101 Å². The van der Waals surface area contributed by atoms with E-state index in [1.54, 1.807) is 24.3 Å². The number of hydrogen-bond acceptors (Lipinski definition) is 11. The van der Waals surface area contributed by atoms with Crippen molar-refractivity contribution in [2.24, 2.45) is 4.99 Å². The molecule has 1 aliphatic heterocycles. The van der Waals surface area contributed by atoms with Gasteiger partial charge in [-0.05, 0) is 48.9 Å². The summed E-state index contributed by atoms with van der Waals surface area (Å²) in [5, 5.41) is 16.4. The number of amides is 1. The number of aliphatic carboxylic acids is 1. The summed E-state index contributed by atoms with van der Waals surface area (Å²) in [5.41, 5.74) is 5.72. The minimum absolute atomic E-state index is 0.0158. The molecule has 4 aromatic rings. The second-order valence-electron chi connectivity index (χ2n) is 11.9. The second kappa shape index (κ2) is 21.2. The van der Waals surface area contributed by atoms with E-state index < -0.39 is 12.0 Å². The SMILES string of the molecule is Cc1noc2c1-c1ccccc1C(c1ccc(Cl)cc1)=N[C@H]2CC(=O)Nc1ccc(OCCOCCOCCOCCOCCOCCC(=O)O)cc1. The van der Waals surface area contributed by atoms with E-state index in [1.807, 2.05) is 55.5 Å². The Bertz CT molecular complexity index is 1780. The van der Waals surface area contributed by atoms with Gasteiger partial charge in [-0.15, -0.1) is 0 Å². The van der Waals surface area contributed by atoms with Crippen LogP contribution in [0.2, 0.25) is 5.02 Å². The first-order valence-electron chi connectivity index (χ1n) is 17.4. The molecule has 2 N–H and O–H groups in total. The van der Waals surface area contributed by atoms with Crippen LogP contribution in [0, 0.1) is 6.92 Å². The number of carbonyl (C=O) groups is 2. The predicted molar refractivity (Wildman–Crippen MR) is 198 cm³/mol. The normalized spacial score (nSPS) is 13.5. The highest BCUT2D eigenvalue weighted by Gasteiger charge is 2.31. The van der Waals surface area contributed by atoms with Crippen LogP contribution in [0.15, 0.2) is 82.3 Å². The highest BCUT2D eigenvalue weighted by atomic mass is 35.5. The topological polar surface area (TPSA) is 160 Å². The predicted octanol–water partition coefficient (Wildman–Crippen LogP) is 6.16. The van der Waals surface area contributed by atoms with E-state index in [0.29, 0.717) is 88.3 Å². The molecule has 0 fully saturated rings. The van der Waals surface area contributed by atoms with Crippen molar-refractivity contribution in [3.05, 3.63) is 100 Å². The maximum Gasteiger partial charge on any atom is 0.305 e. The Labute approximate surface area is 313 Å². The fourth-order valence-corrected chi connectivity index (χ4v) is 5.62. The lowest BCUT2D eigenvalue weighted by molar-refractivity contribution is -0.138. The van der Waals surface area contributed by atoms with Gasteiger partial charge in [-0.3, -0.25) is 14.6 Å². The van der Waals surface area contributed by atoms with Crippen LogP contribution in [0.3, 0.4) is 0 Å². The maximum absolute atomic E-state index is 13.4. The molecule has 14 heteroatoms. The number of benzene rings is 3. The Kier molecular flexibility index (Phi) is 15.8. The molecule has 1 aromatic heterocycles. The minimum Gasteiger partial charge on any atom is -0.491 e. The van der Waals surface area contributed by atoms with Gasteiger partial charge in [-0.1, -0.05) is 53.2 Å². The largest absolute Gasteiger partial charge is 0.491 e. The zero-order chi connectivity index (χ0) is 37.3. The first-order valence-corrected chi connectivity index (χ1v) is 17.8. The van der Waals surface area contributed by atoms with Gasteiger partial charge < -0.3 is 43.4 Å². The number of nitrogens with one attached hydrogen (secondary N) is 1. The summed E-state index contributed by atoms with van der Waals surface area (Å²) in [6, 6.07) is 22.0. The molecule has 3 aromatic carbocycles. The average molecular weight is 750 g/mol. The first-order chi connectivity index (χ1) is 25.9. The molecule has 2 heterocycles. The number of hydrogen-bond donors (Lipinski definition) is 2. The Hall–Kier alpha value is -4.63. The number of aliphatic imine (C=N–C) groups is 1. The molecule has 0 saturated heterocycles. The third kappa shape index (κ3) is 12.5. The summed E-state index contributed by atoms with van der Waals surface area (Å²) in [4.78, 5) is 28.8. The van der Waals surface area contributed by atoms with Crippen molar-refractivity contribution < 1.29 is 47.6 Å². The highest BCUT2D eigenvalue weighted by molar-refractivity contribution is 6.30. The van der Waals surface area contributed by atoms with Gasteiger partial charge in [0, 0.05) is 21.8 Å². The van der Waals surface area contributed by atoms with Crippen molar-refractivity contribution in [2.45, 2.75) is 25.8 Å². The fourth-order valence-electron chi connectivity index (χ4n) is 5.49. The molecule has 0 spiro atoms. The monoisotopic (exact) mass is 749 g/mol. The van der Waals surface area contributed by atoms with Gasteiger partial charge in [0.1, 0.15) is 18.4 Å². The Balaban J connectivity index is 0.987. The van der Waals surface area contributed by atoms with E-state index in [-0.39, 0.29) is 25.4 Å². The Morgan fingerprint density at radius 3 is 1.92 bits per heavy atom. The zero-order valence-corrected chi connectivity index (χ0v) is 30.3. The number of anilines is 1. The summed E-state index contributed by atoms with van der Waals surface area (Å²) in [6.45, 7) is 6.14. The highest BCUT2D eigenvalue weighted by Crippen LogP contribution is 2.41. The number of carboxylic acid groups (broad SMARTS) is 1. The van der Waals surface area contributed by atoms with Gasteiger partial charge in [-0.25, -0.2) is 0 Å². The Morgan fingerprint density at radius 1 is 0.755 bits per heavy atom. The lowest BCUT2D eigenvalue weighted by atomic mass is 9.93. The minimum atomic E-state index is -0.884. The molecule has 282 valence electrons. The second-order valence-corrected chi connectivity index (χ2v) is 12.3. The van der Waals surface area contributed by atoms with Crippen molar-refractivity contribution in [1.29, 1.82) is 0 Å². The van der Waals surface area contributed by atoms with Crippen LogP contribution in [0.4, 0.5) is 5.69 Å². The van der Waals surface area contributed by atoms with Crippen molar-refractivity contribution in [1.82, 2.24) is 5.16 Å². The molecule has 1 aliphatic rings. The van der Waals surface area contributed by atoms with E-state index in [4.69, 9.17) is 54.6 Å². The maximum atomic E-state index is 13.4. The van der Waals surface area contributed by atoms with E-state index >= 15 is 0 Å². The molecule has 53 heavy (non-hydrogen) atoms. The standard InChI is InChI=1S/C39H44ClN3O10/c1-27-37-32-4-2-3-5-33(32)38(28-6-8-29(40)9-7-28)42-34(39(37)53-43-27)26-35(44)41-30-10-12-31(13-11-30)52-25-24-51-23-22-50-21-20-49-19-18-48-17-16-47-15-14-36(45)46/h2-13,34H,14-26H2,1H3,(H,41,44)(H,45,46)/t34-/m0/s1. The van der Waals surface area contributed by atoms with Crippen molar-refractivity contribution >= 4 is 34.9 Å². The zero-order valence-electron chi connectivity index (χ0n) is 29.6. The third-order valence-corrected chi connectivity index (χ3v) is 8.26. The summed E-state index contributed by atoms with van der Waals surface area (Å²) in [5.74, 6) is 0.0917. The quantitative estimate of drug-likeness (QED) is 0.0836. The Morgan fingerprint density at radius 2 is 1.32 bits per heavy atom.